The van der Waals surface area contributed by atoms with E-state index in [4.69, 9.17) is 21.1 Å². The highest BCUT2D eigenvalue weighted by Crippen LogP contribution is 2.34. The molecule has 3 aromatic carbocycles. The molecular weight excluding hydrogens is 619 g/mol. The van der Waals surface area contributed by atoms with Crippen molar-refractivity contribution in [1.29, 1.82) is 5.26 Å². The smallest absolute Gasteiger partial charge is 0.266 e. The van der Waals surface area contributed by atoms with Gasteiger partial charge in [0.1, 0.15) is 29.7 Å². The number of amides is 1. The van der Waals surface area contributed by atoms with Gasteiger partial charge in [-0.25, -0.2) is 0 Å². The Kier molecular flexibility index (Phi) is 9.18. The summed E-state index contributed by atoms with van der Waals surface area (Å²) < 4.78 is 12.9. The van der Waals surface area contributed by atoms with Crippen LogP contribution in [0, 0.1) is 14.9 Å². The summed E-state index contributed by atoms with van der Waals surface area (Å²) in [6, 6.07) is 20.1. The molecule has 0 bridgehead atoms. The molecule has 0 aliphatic carbocycles. The van der Waals surface area contributed by atoms with Gasteiger partial charge in [0.15, 0.2) is 0 Å². The highest BCUT2D eigenvalue weighted by atomic mass is 127. The molecule has 0 atom stereocenters. The predicted molar refractivity (Wildman–Crippen MR) is 142 cm³/mol. The van der Waals surface area contributed by atoms with E-state index in [0.717, 1.165) is 9.13 Å². The van der Waals surface area contributed by atoms with Gasteiger partial charge in [-0.3, -0.25) is 4.79 Å². The van der Waals surface area contributed by atoms with Crippen LogP contribution in [0.25, 0.3) is 6.08 Å². The van der Waals surface area contributed by atoms with Gasteiger partial charge in [0.05, 0.1) is 14.6 Å². The normalized spacial score (nSPS) is 10.9. The van der Waals surface area contributed by atoms with E-state index < -0.39 is 5.91 Å². The van der Waals surface area contributed by atoms with E-state index >= 15 is 0 Å². The first-order valence-electron chi connectivity index (χ1n) is 9.92. The van der Waals surface area contributed by atoms with E-state index in [-0.39, 0.29) is 5.57 Å². The topological polar surface area (TPSA) is 71.3 Å². The van der Waals surface area contributed by atoms with Crippen molar-refractivity contribution in [3.8, 4) is 17.6 Å². The maximum Gasteiger partial charge on any atom is 0.266 e. The number of benzene rings is 3. The van der Waals surface area contributed by atoms with Gasteiger partial charge in [-0.2, -0.15) is 5.26 Å². The fraction of sp³-hybridized carbons (Fsp3) is 0.120. The second kappa shape index (κ2) is 12.1. The quantitative estimate of drug-likeness (QED) is 0.161. The summed E-state index contributed by atoms with van der Waals surface area (Å²) in [5.74, 6) is 0.875. The van der Waals surface area contributed by atoms with Crippen molar-refractivity contribution in [2.24, 2.45) is 0 Å². The number of hydrogen-bond donors (Lipinski definition) is 1. The highest BCUT2D eigenvalue weighted by Gasteiger charge is 2.13. The van der Waals surface area contributed by atoms with Gasteiger partial charge in [0, 0.05) is 16.3 Å². The molecule has 1 N–H and O–H groups in total. The fourth-order valence-corrected chi connectivity index (χ4v) is 4.84. The summed E-state index contributed by atoms with van der Waals surface area (Å²) in [4.78, 5) is 12.6. The molecule has 3 rings (SSSR count). The average molecular weight is 638 g/mol. The summed E-state index contributed by atoms with van der Waals surface area (Å²) in [6.45, 7) is 2.78. The molecule has 0 fully saturated rings. The number of carbonyl (C=O) groups is 1. The lowest BCUT2D eigenvalue weighted by Crippen LogP contribution is -2.13. The fourth-order valence-electron chi connectivity index (χ4n) is 2.88. The standard InChI is InChI=1S/C25H19BrClIN2O3/c1-2-32-20-9-7-19(8-10-20)30-25(31)18(14-29)11-16-12-21(26)24(23(28)13-16)33-15-17-5-3-4-6-22(17)27/h3-13H,2,15H2,1H3,(H,30,31)/b18-11-. The SMILES string of the molecule is CCOc1ccc(NC(=O)/C(C#N)=C\c2cc(Br)c(OCc3ccccc3Cl)c(I)c2)cc1. The monoisotopic (exact) mass is 636 g/mol. The minimum Gasteiger partial charge on any atom is -0.494 e. The summed E-state index contributed by atoms with van der Waals surface area (Å²) in [5, 5.41) is 12.9. The lowest BCUT2D eigenvalue weighted by molar-refractivity contribution is -0.112. The van der Waals surface area contributed by atoms with E-state index in [9.17, 15) is 10.1 Å². The van der Waals surface area contributed by atoms with Crippen LogP contribution in [0.1, 0.15) is 18.1 Å². The van der Waals surface area contributed by atoms with Gasteiger partial charge < -0.3 is 14.8 Å². The Morgan fingerprint density at radius 1 is 1.18 bits per heavy atom. The number of ether oxygens (including phenoxy) is 2. The van der Waals surface area contributed by atoms with E-state index in [0.29, 0.717) is 45.5 Å². The average Bonchev–Trinajstić information content (AvgIpc) is 2.79. The molecule has 0 aliphatic heterocycles. The molecule has 0 aromatic heterocycles. The lowest BCUT2D eigenvalue weighted by atomic mass is 10.1. The Morgan fingerprint density at radius 2 is 1.91 bits per heavy atom. The number of nitrogens with zero attached hydrogens (tertiary/aromatic N) is 1. The molecular formula is C25H19BrClIN2O3. The van der Waals surface area contributed by atoms with E-state index in [1.165, 1.54) is 6.08 Å². The summed E-state index contributed by atoms with van der Waals surface area (Å²) in [6.07, 6.45) is 1.54. The van der Waals surface area contributed by atoms with Gasteiger partial charge >= 0.3 is 0 Å². The molecule has 5 nitrogen and oxygen atoms in total. The molecule has 0 saturated carbocycles. The number of halogens is 3. The Balaban J connectivity index is 1.74. The van der Waals surface area contributed by atoms with Crippen LogP contribution in [0.3, 0.4) is 0 Å². The first-order chi connectivity index (χ1) is 15.9. The Labute approximate surface area is 219 Å². The first-order valence-corrected chi connectivity index (χ1v) is 12.2. The van der Waals surface area contributed by atoms with Crippen molar-refractivity contribution in [3.05, 3.63) is 90.4 Å². The third-order valence-corrected chi connectivity index (χ3v) is 6.21. The second-order valence-corrected chi connectivity index (χ2v) is 9.20. The van der Waals surface area contributed by atoms with Crippen molar-refractivity contribution >= 4 is 67.8 Å². The zero-order chi connectivity index (χ0) is 23.8. The molecule has 0 saturated heterocycles. The number of nitriles is 1. The number of carbonyl (C=O) groups excluding carboxylic acids is 1. The van der Waals surface area contributed by atoms with Crippen LogP contribution in [0.4, 0.5) is 5.69 Å². The van der Waals surface area contributed by atoms with Crippen LogP contribution < -0.4 is 14.8 Å². The van der Waals surface area contributed by atoms with Crippen LogP contribution in [0.5, 0.6) is 11.5 Å². The minimum absolute atomic E-state index is 0.0173. The molecule has 0 heterocycles. The van der Waals surface area contributed by atoms with Crippen LogP contribution >= 0.6 is 50.1 Å². The Morgan fingerprint density at radius 3 is 2.55 bits per heavy atom. The number of nitrogens with one attached hydrogen (secondary N) is 1. The Bertz CT molecular complexity index is 1200. The largest absolute Gasteiger partial charge is 0.494 e. The number of anilines is 1. The molecule has 1 amide bonds. The van der Waals surface area contributed by atoms with Crippen molar-refractivity contribution in [3.63, 3.8) is 0 Å². The number of hydrogen-bond acceptors (Lipinski definition) is 4. The molecule has 33 heavy (non-hydrogen) atoms. The van der Waals surface area contributed by atoms with Gasteiger partial charge in [0.2, 0.25) is 0 Å². The molecule has 3 aromatic rings. The van der Waals surface area contributed by atoms with E-state index in [2.05, 4.69) is 43.8 Å². The highest BCUT2D eigenvalue weighted by molar-refractivity contribution is 14.1. The third kappa shape index (κ3) is 6.97. The zero-order valence-electron chi connectivity index (χ0n) is 17.6. The first kappa shape index (κ1) is 25.1. The summed E-state index contributed by atoms with van der Waals surface area (Å²) in [7, 11) is 0. The van der Waals surface area contributed by atoms with Crippen LogP contribution in [-0.4, -0.2) is 12.5 Å². The van der Waals surface area contributed by atoms with Gasteiger partial charge in [-0.15, -0.1) is 0 Å². The molecule has 0 radical (unpaired) electrons. The van der Waals surface area contributed by atoms with Crippen molar-refractivity contribution in [2.75, 3.05) is 11.9 Å². The molecule has 8 heteroatoms. The van der Waals surface area contributed by atoms with Gasteiger partial charge in [0.25, 0.3) is 5.91 Å². The van der Waals surface area contributed by atoms with E-state index in [1.807, 2.05) is 43.3 Å². The molecule has 0 spiro atoms. The Hall–Kier alpha value is -2.54. The van der Waals surface area contributed by atoms with Crippen molar-refractivity contribution in [2.45, 2.75) is 13.5 Å². The molecule has 0 aliphatic rings. The predicted octanol–water partition coefficient (Wildman–Crippen LogP) is 7.23. The molecule has 168 valence electrons. The maximum atomic E-state index is 12.6. The number of rotatable bonds is 8. The van der Waals surface area contributed by atoms with E-state index in [1.54, 1.807) is 30.3 Å². The summed E-state index contributed by atoms with van der Waals surface area (Å²) in [5.41, 5.74) is 2.12. The maximum absolute atomic E-state index is 12.6. The molecule has 0 unspecified atom stereocenters. The van der Waals surface area contributed by atoms with Crippen molar-refractivity contribution in [1.82, 2.24) is 0 Å². The van der Waals surface area contributed by atoms with Crippen LogP contribution in [-0.2, 0) is 11.4 Å². The van der Waals surface area contributed by atoms with Crippen LogP contribution in [0.2, 0.25) is 5.02 Å². The van der Waals surface area contributed by atoms with Gasteiger partial charge in [-0.1, -0.05) is 29.8 Å². The van der Waals surface area contributed by atoms with Crippen LogP contribution in [0.15, 0.2) is 70.7 Å². The van der Waals surface area contributed by atoms with Crippen molar-refractivity contribution < 1.29 is 14.3 Å². The second-order valence-electron chi connectivity index (χ2n) is 6.78. The van der Waals surface area contributed by atoms with Gasteiger partial charge in [-0.05, 0) is 99.5 Å². The third-order valence-electron chi connectivity index (χ3n) is 4.45. The lowest BCUT2D eigenvalue weighted by Gasteiger charge is -2.12. The summed E-state index contributed by atoms with van der Waals surface area (Å²) >= 11 is 11.9. The zero-order valence-corrected chi connectivity index (χ0v) is 22.1. The minimum atomic E-state index is -0.494.